The molecule has 1 aliphatic rings. The van der Waals surface area contributed by atoms with E-state index in [2.05, 4.69) is 10.6 Å². The molecule has 2 rings (SSSR count). The number of amides is 2. The summed E-state index contributed by atoms with van der Waals surface area (Å²) in [6, 6.07) is 6.48. The van der Waals surface area contributed by atoms with Crippen LogP contribution in [0.5, 0.6) is 0 Å². The predicted octanol–water partition coefficient (Wildman–Crippen LogP) is 3.56. The molecular formula is C19H29FN2O2. The number of halogens is 1. The van der Waals surface area contributed by atoms with Crippen molar-refractivity contribution in [3.8, 4) is 0 Å². The molecule has 3 N–H and O–H groups in total. The Morgan fingerprint density at radius 1 is 1.33 bits per heavy atom. The van der Waals surface area contributed by atoms with Crippen molar-refractivity contribution in [3.63, 3.8) is 0 Å². The minimum absolute atomic E-state index is 0.0790. The van der Waals surface area contributed by atoms with Crippen LogP contribution in [0.1, 0.15) is 57.9 Å². The molecule has 0 saturated heterocycles. The van der Waals surface area contributed by atoms with Crippen molar-refractivity contribution >= 4 is 6.03 Å². The van der Waals surface area contributed by atoms with Gasteiger partial charge in [-0.15, -0.1) is 0 Å². The van der Waals surface area contributed by atoms with E-state index in [1.807, 2.05) is 26.0 Å². The number of urea groups is 1. The smallest absolute Gasteiger partial charge is 0.315 e. The SMILES string of the molecule is CC(O)CC(C)(C)CNC(=O)NC1CCCC1c1ccc(F)cc1. The maximum Gasteiger partial charge on any atom is 0.315 e. The molecule has 0 aliphatic heterocycles. The molecule has 2 amide bonds. The summed E-state index contributed by atoms with van der Waals surface area (Å²) < 4.78 is 13.1. The molecule has 1 fully saturated rings. The molecule has 3 unspecified atom stereocenters. The summed E-state index contributed by atoms with van der Waals surface area (Å²) >= 11 is 0. The fraction of sp³-hybridized carbons (Fsp3) is 0.632. The zero-order valence-electron chi connectivity index (χ0n) is 14.8. The van der Waals surface area contributed by atoms with Gasteiger partial charge in [0.15, 0.2) is 0 Å². The lowest BCUT2D eigenvalue weighted by Gasteiger charge is -2.27. The molecule has 1 aromatic rings. The first-order valence-corrected chi connectivity index (χ1v) is 8.75. The van der Waals surface area contributed by atoms with E-state index < -0.39 is 0 Å². The van der Waals surface area contributed by atoms with Gasteiger partial charge in [0.2, 0.25) is 0 Å². The monoisotopic (exact) mass is 336 g/mol. The first-order chi connectivity index (χ1) is 11.3. The molecule has 0 bridgehead atoms. The van der Waals surface area contributed by atoms with Crippen LogP contribution in [-0.2, 0) is 0 Å². The van der Waals surface area contributed by atoms with E-state index in [9.17, 15) is 14.3 Å². The summed E-state index contributed by atoms with van der Waals surface area (Å²) in [7, 11) is 0. The third kappa shape index (κ3) is 5.48. The largest absolute Gasteiger partial charge is 0.393 e. The lowest BCUT2D eigenvalue weighted by Crippen LogP contribution is -2.46. The van der Waals surface area contributed by atoms with Crippen LogP contribution in [0.4, 0.5) is 9.18 Å². The summed E-state index contributed by atoms with van der Waals surface area (Å²) in [4.78, 5) is 12.2. The van der Waals surface area contributed by atoms with Crippen molar-refractivity contribution in [2.75, 3.05) is 6.54 Å². The number of hydrogen-bond acceptors (Lipinski definition) is 2. The van der Waals surface area contributed by atoms with Crippen molar-refractivity contribution in [2.24, 2.45) is 5.41 Å². The molecule has 5 heteroatoms. The standard InChI is InChI=1S/C19H29FN2O2/c1-13(23)11-19(2,3)12-21-18(24)22-17-6-4-5-16(17)14-7-9-15(20)10-8-14/h7-10,13,16-17,23H,4-6,11-12H2,1-3H3,(H2,21,22,24). The van der Waals surface area contributed by atoms with Gasteiger partial charge in [0.25, 0.3) is 0 Å². The second-order valence-corrected chi connectivity index (χ2v) is 7.74. The van der Waals surface area contributed by atoms with E-state index in [0.29, 0.717) is 13.0 Å². The average Bonchev–Trinajstić information content (AvgIpc) is 2.93. The molecule has 1 aliphatic carbocycles. The summed E-state index contributed by atoms with van der Waals surface area (Å²) in [6.07, 6.45) is 3.24. The Kier molecular flexibility index (Phi) is 6.21. The molecule has 0 radical (unpaired) electrons. The van der Waals surface area contributed by atoms with Crippen LogP contribution >= 0.6 is 0 Å². The quantitative estimate of drug-likeness (QED) is 0.744. The number of carbonyl (C=O) groups excluding carboxylic acids is 1. The van der Waals surface area contributed by atoms with E-state index in [-0.39, 0.29) is 35.3 Å². The highest BCUT2D eigenvalue weighted by molar-refractivity contribution is 5.74. The topological polar surface area (TPSA) is 61.4 Å². The van der Waals surface area contributed by atoms with Gasteiger partial charge in [-0.1, -0.05) is 32.4 Å². The zero-order valence-corrected chi connectivity index (χ0v) is 14.8. The Morgan fingerprint density at radius 3 is 2.62 bits per heavy atom. The Morgan fingerprint density at radius 2 is 2.00 bits per heavy atom. The van der Waals surface area contributed by atoms with E-state index in [4.69, 9.17) is 0 Å². The van der Waals surface area contributed by atoms with Gasteiger partial charge in [-0.25, -0.2) is 9.18 Å². The Bertz CT molecular complexity index is 543. The molecule has 3 atom stereocenters. The highest BCUT2D eigenvalue weighted by Crippen LogP contribution is 2.34. The van der Waals surface area contributed by atoms with E-state index in [1.54, 1.807) is 6.92 Å². The fourth-order valence-electron chi connectivity index (χ4n) is 3.65. The van der Waals surface area contributed by atoms with E-state index in [1.165, 1.54) is 12.1 Å². The zero-order chi connectivity index (χ0) is 17.7. The van der Waals surface area contributed by atoms with Gasteiger partial charge in [0, 0.05) is 18.5 Å². The first-order valence-electron chi connectivity index (χ1n) is 8.75. The van der Waals surface area contributed by atoms with Crippen LogP contribution in [0.2, 0.25) is 0 Å². The Hall–Kier alpha value is -1.62. The number of aliphatic hydroxyl groups excluding tert-OH is 1. The van der Waals surface area contributed by atoms with Gasteiger partial charge >= 0.3 is 6.03 Å². The van der Waals surface area contributed by atoms with Gasteiger partial charge in [-0.05, 0) is 49.3 Å². The molecule has 0 heterocycles. The molecule has 4 nitrogen and oxygen atoms in total. The average molecular weight is 336 g/mol. The molecule has 0 spiro atoms. The van der Waals surface area contributed by atoms with Crippen molar-refractivity contribution in [1.29, 1.82) is 0 Å². The van der Waals surface area contributed by atoms with E-state index >= 15 is 0 Å². The molecule has 1 aromatic carbocycles. The summed E-state index contributed by atoms with van der Waals surface area (Å²) in [5.74, 6) is 0.00108. The van der Waals surface area contributed by atoms with Gasteiger partial charge < -0.3 is 15.7 Å². The van der Waals surface area contributed by atoms with Crippen LogP contribution in [0.3, 0.4) is 0 Å². The number of carbonyl (C=O) groups is 1. The van der Waals surface area contributed by atoms with Crippen molar-refractivity contribution in [2.45, 2.75) is 64.5 Å². The second-order valence-electron chi connectivity index (χ2n) is 7.74. The fourth-order valence-corrected chi connectivity index (χ4v) is 3.65. The van der Waals surface area contributed by atoms with Gasteiger partial charge in [-0.2, -0.15) is 0 Å². The third-order valence-electron chi connectivity index (χ3n) is 4.71. The molecule has 24 heavy (non-hydrogen) atoms. The molecule has 134 valence electrons. The maximum absolute atomic E-state index is 13.1. The first kappa shape index (κ1) is 18.7. The Balaban J connectivity index is 1.87. The van der Waals surface area contributed by atoms with Crippen LogP contribution in [-0.4, -0.2) is 29.8 Å². The van der Waals surface area contributed by atoms with Crippen LogP contribution in [0.25, 0.3) is 0 Å². The van der Waals surface area contributed by atoms with E-state index in [0.717, 1.165) is 24.8 Å². The highest BCUT2D eigenvalue weighted by atomic mass is 19.1. The lowest BCUT2D eigenvalue weighted by atomic mass is 9.87. The Labute approximate surface area is 143 Å². The number of aliphatic hydroxyl groups is 1. The van der Waals surface area contributed by atoms with Gasteiger partial charge in [0.05, 0.1) is 6.10 Å². The second kappa shape index (κ2) is 7.97. The highest BCUT2D eigenvalue weighted by Gasteiger charge is 2.30. The number of rotatable bonds is 6. The normalized spacial score (nSPS) is 22.2. The van der Waals surface area contributed by atoms with Crippen molar-refractivity contribution in [3.05, 3.63) is 35.6 Å². The van der Waals surface area contributed by atoms with Gasteiger partial charge in [0.1, 0.15) is 5.82 Å². The number of benzene rings is 1. The van der Waals surface area contributed by atoms with Crippen LogP contribution in [0.15, 0.2) is 24.3 Å². The summed E-state index contributed by atoms with van der Waals surface area (Å²) in [5, 5.41) is 15.5. The van der Waals surface area contributed by atoms with Crippen LogP contribution in [0, 0.1) is 11.2 Å². The third-order valence-corrected chi connectivity index (χ3v) is 4.71. The molecule has 0 aromatic heterocycles. The number of hydrogen-bond donors (Lipinski definition) is 3. The van der Waals surface area contributed by atoms with Crippen molar-refractivity contribution in [1.82, 2.24) is 10.6 Å². The molecule has 1 saturated carbocycles. The molecular weight excluding hydrogens is 307 g/mol. The summed E-state index contributed by atoms with van der Waals surface area (Å²) in [5.41, 5.74) is 0.922. The predicted molar refractivity (Wildman–Crippen MR) is 93.4 cm³/mol. The minimum atomic E-state index is -0.387. The number of nitrogens with one attached hydrogen (secondary N) is 2. The lowest BCUT2D eigenvalue weighted by molar-refractivity contribution is 0.128. The van der Waals surface area contributed by atoms with Crippen molar-refractivity contribution < 1.29 is 14.3 Å². The maximum atomic E-state index is 13.1. The summed E-state index contributed by atoms with van der Waals surface area (Å²) in [6.45, 7) is 6.32. The van der Waals surface area contributed by atoms with Crippen LogP contribution < -0.4 is 10.6 Å². The van der Waals surface area contributed by atoms with Gasteiger partial charge in [-0.3, -0.25) is 0 Å². The minimum Gasteiger partial charge on any atom is -0.393 e.